The van der Waals surface area contributed by atoms with Crippen molar-refractivity contribution in [3.63, 3.8) is 0 Å². The summed E-state index contributed by atoms with van der Waals surface area (Å²) < 4.78 is 13.7. The Balaban J connectivity index is 1.70. The molecule has 4 rings (SSSR count). The van der Waals surface area contributed by atoms with Gasteiger partial charge in [0.05, 0.1) is 26.1 Å². The van der Waals surface area contributed by atoms with Gasteiger partial charge in [-0.25, -0.2) is 4.68 Å². The fourth-order valence-electron chi connectivity index (χ4n) is 3.80. The molecule has 8 nitrogen and oxygen atoms in total. The van der Waals surface area contributed by atoms with Crippen LogP contribution >= 0.6 is 0 Å². The van der Waals surface area contributed by atoms with Crippen molar-refractivity contribution in [2.24, 2.45) is 0 Å². The maximum Gasteiger partial charge on any atom is 0.291 e. The fraction of sp³-hybridized carbons (Fsp3) is 0.261. The average molecular weight is 420 g/mol. The van der Waals surface area contributed by atoms with Gasteiger partial charge in [0.25, 0.3) is 5.56 Å². The first-order valence-corrected chi connectivity index (χ1v) is 10.1. The van der Waals surface area contributed by atoms with E-state index in [9.17, 15) is 9.59 Å². The van der Waals surface area contributed by atoms with Crippen LogP contribution in [-0.4, -0.2) is 34.5 Å². The van der Waals surface area contributed by atoms with E-state index in [0.717, 1.165) is 22.7 Å². The van der Waals surface area contributed by atoms with Crippen molar-refractivity contribution in [1.29, 1.82) is 0 Å². The van der Waals surface area contributed by atoms with Gasteiger partial charge < -0.3 is 19.4 Å². The van der Waals surface area contributed by atoms with E-state index in [4.69, 9.17) is 9.47 Å². The summed E-state index contributed by atoms with van der Waals surface area (Å²) in [5.41, 5.74) is 1.71. The number of aromatic nitrogens is 3. The quantitative estimate of drug-likeness (QED) is 0.495. The monoisotopic (exact) mass is 420 g/mol. The number of fused-ring (bicyclic) bond motifs is 3. The number of aryl methyl sites for hydroxylation is 1. The Morgan fingerprint density at radius 3 is 2.65 bits per heavy atom. The molecule has 160 valence electrons. The lowest BCUT2D eigenvalue weighted by atomic mass is 10.2. The highest BCUT2D eigenvalue weighted by molar-refractivity contribution is 6.07. The number of carbonyl (C=O) groups is 1. The number of rotatable bonds is 7. The zero-order chi connectivity index (χ0) is 22.0. The third-order valence-electron chi connectivity index (χ3n) is 5.19. The van der Waals surface area contributed by atoms with Gasteiger partial charge in [-0.15, -0.1) is 0 Å². The minimum Gasteiger partial charge on any atom is -0.497 e. The maximum absolute atomic E-state index is 13.3. The van der Waals surface area contributed by atoms with Crippen molar-refractivity contribution in [2.75, 3.05) is 19.5 Å². The second-order valence-corrected chi connectivity index (χ2v) is 7.15. The number of carbonyl (C=O) groups excluding carboxylic acids is 1. The van der Waals surface area contributed by atoms with Crippen molar-refractivity contribution >= 4 is 33.4 Å². The number of methoxy groups -OCH3 is 2. The highest BCUT2D eigenvalue weighted by Gasteiger charge is 2.17. The molecule has 0 atom stereocenters. The number of anilines is 1. The molecule has 1 amide bonds. The standard InChI is InChI=1S/C23H24N4O4/c1-4-11-26-19-8-6-5-7-16(19)17-13-24-27(23(29)22(17)26)14-21(28)25-18-12-15(30-2)9-10-20(18)31-3/h5-10,12-13H,4,11,14H2,1-3H3,(H,25,28). The van der Waals surface area contributed by atoms with Gasteiger partial charge in [0.2, 0.25) is 5.91 Å². The van der Waals surface area contributed by atoms with Gasteiger partial charge in [0.15, 0.2) is 0 Å². The number of hydrogen-bond donors (Lipinski definition) is 1. The highest BCUT2D eigenvalue weighted by Crippen LogP contribution is 2.29. The van der Waals surface area contributed by atoms with Gasteiger partial charge in [-0.05, 0) is 24.6 Å². The van der Waals surface area contributed by atoms with Crippen molar-refractivity contribution < 1.29 is 14.3 Å². The number of para-hydroxylation sites is 1. The molecule has 0 spiro atoms. The molecular weight excluding hydrogens is 396 g/mol. The van der Waals surface area contributed by atoms with E-state index >= 15 is 0 Å². The summed E-state index contributed by atoms with van der Waals surface area (Å²) in [6.07, 6.45) is 2.54. The lowest BCUT2D eigenvalue weighted by molar-refractivity contribution is -0.117. The van der Waals surface area contributed by atoms with Crippen molar-refractivity contribution in [1.82, 2.24) is 14.3 Å². The molecule has 0 fully saturated rings. The summed E-state index contributed by atoms with van der Waals surface area (Å²) in [6.45, 7) is 2.55. The first-order chi connectivity index (χ1) is 15.1. The van der Waals surface area contributed by atoms with E-state index < -0.39 is 5.91 Å². The van der Waals surface area contributed by atoms with Crippen molar-refractivity contribution in [3.05, 3.63) is 59.0 Å². The Bertz CT molecular complexity index is 1320. The van der Waals surface area contributed by atoms with Crippen LogP contribution in [0.4, 0.5) is 5.69 Å². The van der Waals surface area contributed by atoms with Gasteiger partial charge in [0, 0.05) is 28.9 Å². The van der Waals surface area contributed by atoms with Gasteiger partial charge in [-0.3, -0.25) is 9.59 Å². The van der Waals surface area contributed by atoms with E-state index in [2.05, 4.69) is 17.3 Å². The zero-order valence-electron chi connectivity index (χ0n) is 17.7. The Kier molecular flexibility index (Phi) is 5.62. The smallest absolute Gasteiger partial charge is 0.291 e. The summed E-state index contributed by atoms with van der Waals surface area (Å²) in [7, 11) is 3.06. The molecule has 0 bridgehead atoms. The molecular formula is C23H24N4O4. The number of hydrogen-bond acceptors (Lipinski definition) is 5. The van der Waals surface area contributed by atoms with Crippen LogP contribution in [-0.2, 0) is 17.9 Å². The molecule has 31 heavy (non-hydrogen) atoms. The third kappa shape index (κ3) is 3.72. The molecule has 1 N–H and O–H groups in total. The Labute approximate surface area is 179 Å². The van der Waals surface area contributed by atoms with Crippen molar-refractivity contribution in [3.8, 4) is 11.5 Å². The number of nitrogens with one attached hydrogen (secondary N) is 1. The van der Waals surface area contributed by atoms with E-state index in [1.165, 1.54) is 11.8 Å². The SMILES string of the molecule is CCCn1c2ccccc2c2cnn(CC(=O)Nc3cc(OC)ccc3OC)c(=O)c21. The van der Waals surface area contributed by atoms with Gasteiger partial charge in [0.1, 0.15) is 23.6 Å². The molecule has 0 unspecified atom stereocenters. The minimum atomic E-state index is -0.390. The summed E-state index contributed by atoms with van der Waals surface area (Å²) in [6, 6.07) is 13.0. The minimum absolute atomic E-state index is 0.219. The molecule has 0 radical (unpaired) electrons. The number of amides is 1. The second kappa shape index (κ2) is 8.51. The molecule has 0 saturated carbocycles. The van der Waals surface area contributed by atoms with Crippen LogP contribution in [0.25, 0.3) is 21.8 Å². The molecule has 0 aliphatic heterocycles. The predicted octanol–water partition coefficient (Wildman–Crippen LogP) is 3.42. The number of ether oxygens (including phenoxy) is 2. The Morgan fingerprint density at radius 2 is 1.90 bits per heavy atom. The van der Waals surface area contributed by atoms with Gasteiger partial charge >= 0.3 is 0 Å². The van der Waals surface area contributed by atoms with Crippen molar-refractivity contribution in [2.45, 2.75) is 26.4 Å². The van der Waals surface area contributed by atoms with Crippen LogP contribution in [0.15, 0.2) is 53.5 Å². The topological polar surface area (TPSA) is 87.4 Å². The third-order valence-corrected chi connectivity index (χ3v) is 5.19. The summed E-state index contributed by atoms with van der Waals surface area (Å²) >= 11 is 0. The first kappa shape index (κ1) is 20.5. The molecule has 2 aromatic heterocycles. The van der Waals surface area contributed by atoms with Crippen LogP contribution in [0.3, 0.4) is 0 Å². The highest BCUT2D eigenvalue weighted by atomic mass is 16.5. The molecule has 2 aromatic carbocycles. The zero-order valence-corrected chi connectivity index (χ0v) is 17.7. The number of nitrogens with zero attached hydrogens (tertiary/aromatic N) is 3. The summed E-state index contributed by atoms with van der Waals surface area (Å²) in [5.74, 6) is 0.684. The maximum atomic E-state index is 13.3. The Morgan fingerprint density at radius 1 is 1.10 bits per heavy atom. The normalized spacial score (nSPS) is 11.1. The number of benzene rings is 2. The first-order valence-electron chi connectivity index (χ1n) is 10.1. The van der Waals surface area contributed by atoms with Crippen LogP contribution < -0.4 is 20.3 Å². The van der Waals surface area contributed by atoms with Gasteiger partial charge in [-0.2, -0.15) is 5.10 Å². The fourth-order valence-corrected chi connectivity index (χ4v) is 3.80. The Hall–Kier alpha value is -3.81. The van der Waals surface area contributed by atoms with Crippen LogP contribution in [0, 0.1) is 0 Å². The molecule has 8 heteroatoms. The molecule has 0 saturated heterocycles. The summed E-state index contributed by atoms with van der Waals surface area (Å²) in [5, 5.41) is 8.81. The molecule has 0 aliphatic rings. The second-order valence-electron chi connectivity index (χ2n) is 7.15. The molecule has 4 aromatic rings. The molecule has 2 heterocycles. The largest absolute Gasteiger partial charge is 0.497 e. The van der Waals surface area contributed by atoms with Crippen LogP contribution in [0.2, 0.25) is 0 Å². The van der Waals surface area contributed by atoms with E-state index in [1.807, 2.05) is 28.8 Å². The van der Waals surface area contributed by atoms with Crippen LogP contribution in [0.5, 0.6) is 11.5 Å². The predicted molar refractivity (Wildman–Crippen MR) is 120 cm³/mol. The van der Waals surface area contributed by atoms with E-state index in [-0.39, 0.29) is 12.1 Å². The van der Waals surface area contributed by atoms with E-state index in [0.29, 0.717) is 29.2 Å². The van der Waals surface area contributed by atoms with Crippen LogP contribution in [0.1, 0.15) is 13.3 Å². The average Bonchev–Trinajstić information content (AvgIpc) is 3.10. The lowest BCUT2D eigenvalue weighted by Gasteiger charge is -2.12. The molecule has 0 aliphatic carbocycles. The van der Waals surface area contributed by atoms with E-state index in [1.54, 1.807) is 31.5 Å². The lowest BCUT2D eigenvalue weighted by Crippen LogP contribution is -2.30. The van der Waals surface area contributed by atoms with Gasteiger partial charge in [-0.1, -0.05) is 25.1 Å². The summed E-state index contributed by atoms with van der Waals surface area (Å²) in [4.78, 5) is 26.0.